The Bertz CT molecular complexity index is 611. The van der Waals surface area contributed by atoms with Gasteiger partial charge in [-0.2, -0.15) is 0 Å². The van der Waals surface area contributed by atoms with Crippen LogP contribution in [-0.2, 0) is 6.54 Å². The Morgan fingerprint density at radius 3 is 2.74 bits per heavy atom. The lowest BCUT2D eigenvalue weighted by molar-refractivity contribution is -0.385. The standard InChI is InChI=1S/C14H15N3O2/c1-10-5-6-15-8-12(10)9-16-13-4-3-11(2)14(7-13)17(18)19/h3-8,16H,9H2,1-2H3. The lowest BCUT2D eigenvalue weighted by Crippen LogP contribution is -2.02. The van der Waals surface area contributed by atoms with Crippen LogP contribution in [0.15, 0.2) is 36.7 Å². The van der Waals surface area contributed by atoms with Gasteiger partial charge in [-0.3, -0.25) is 15.1 Å². The van der Waals surface area contributed by atoms with Crippen molar-refractivity contribution >= 4 is 11.4 Å². The molecule has 0 spiro atoms. The fraction of sp³-hybridized carbons (Fsp3) is 0.214. The normalized spacial score (nSPS) is 10.2. The maximum Gasteiger partial charge on any atom is 0.274 e. The van der Waals surface area contributed by atoms with Crippen molar-refractivity contribution < 1.29 is 4.92 Å². The van der Waals surface area contributed by atoms with Gasteiger partial charge in [0.05, 0.1) is 4.92 Å². The zero-order valence-electron chi connectivity index (χ0n) is 10.9. The molecule has 0 saturated heterocycles. The minimum Gasteiger partial charge on any atom is -0.381 e. The molecule has 0 unspecified atom stereocenters. The lowest BCUT2D eigenvalue weighted by atomic mass is 10.1. The van der Waals surface area contributed by atoms with E-state index in [2.05, 4.69) is 10.3 Å². The highest BCUT2D eigenvalue weighted by molar-refractivity contribution is 5.55. The topological polar surface area (TPSA) is 68.1 Å². The first-order valence-electron chi connectivity index (χ1n) is 5.96. The summed E-state index contributed by atoms with van der Waals surface area (Å²) < 4.78 is 0. The van der Waals surface area contributed by atoms with E-state index in [1.165, 1.54) is 0 Å². The van der Waals surface area contributed by atoms with E-state index < -0.39 is 0 Å². The summed E-state index contributed by atoms with van der Waals surface area (Å²) >= 11 is 0. The second-order valence-electron chi connectivity index (χ2n) is 4.41. The number of nitro groups is 1. The number of rotatable bonds is 4. The summed E-state index contributed by atoms with van der Waals surface area (Å²) in [6, 6.07) is 7.08. The summed E-state index contributed by atoms with van der Waals surface area (Å²) in [4.78, 5) is 14.6. The average molecular weight is 257 g/mol. The number of aryl methyl sites for hydroxylation is 2. The Hall–Kier alpha value is -2.43. The monoisotopic (exact) mass is 257 g/mol. The van der Waals surface area contributed by atoms with E-state index in [0.717, 1.165) is 16.8 Å². The second kappa shape index (κ2) is 5.48. The molecule has 0 aliphatic rings. The summed E-state index contributed by atoms with van der Waals surface area (Å²) in [7, 11) is 0. The number of hydrogen-bond acceptors (Lipinski definition) is 4. The highest BCUT2D eigenvalue weighted by Crippen LogP contribution is 2.22. The SMILES string of the molecule is Cc1ccncc1CNc1ccc(C)c([N+](=O)[O-])c1. The molecule has 2 aromatic rings. The second-order valence-corrected chi connectivity index (χ2v) is 4.41. The summed E-state index contributed by atoms with van der Waals surface area (Å²) in [6.07, 6.45) is 3.54. The van der Waals surface area contributed by atoms with E-state index in [1.54, 1.807) is 31.5 Å². The Labute approximate surface area is 111 Å². The minimum absolute atomic E-state index is 0.132. The van der Waals surface area contributed by atoms with Crippen molar-refractivity contribution in [2.45, 2.75) is 20.4 Å². The van der Waals surface area contributed by atoms with Gasteiger partial charge in [0, 0.05) is 36.3 Å². The van der Waals surface area contributed by atoms with Crippen LogP contribution >= 0.6 is 0 Å². The van der Waals surface area contributed by atoms with Crippen LogP contribution in [0.3, 0.4) is 0 Å². The molecule has 0 fully saturated rings. The Kier molecular flexibility index (Phi) is 3.75. The first-order valence-corrected chi connectivity index (χ1v) is 5.96. The third-order valence-electron chi connectivity index (χ3n) is 3.04. The third-order valence-corrected chi connectivity index (χ3v) is 3.04. The summed E-state index contributed by atoms with van der Waals surface area (Å²) in [6.45, 7) is 4.34. The fourth-order valence-electron chi connectivity index (χ4n) is 1.80. The molecular weight excluding hydrogens is 242 g/mol. The highest BCUT2D eigenvalue weighted by atomic mass is 16.6. The number of anilines is 1. The van der Waals surface area contributed by atoms with Crippen molar-refractivity contribution in [3.05, 3.63) is 63.5 Å². The van der Waals surface area contributed by atoms with Gasteiger partial charge in [0.25, 0.3) is 5.69 Å². The van der Waals surface area contributed by atoms with Gasteiger partial charge >= 0.3 is 0 Å². The van der Waals surface area contributed by atoms with Gasteiger partial charge in [-0.15, -0.1) is 0 Å². The Morgan fingerprint density at radius 1 is 1.26 bits per heavy atom. The Morgan fingerprint density at radius 2 is 2.05 bits per heavy atom. The molecule has 1 N–H and O–H groups in total. The van der Waals surface area contributed by atoms with E-state index in [-0.39, 0.29) is 10.6 Å². The predicted molar refractivity (Wildman–Crippen MR) is 74.1 cm³/mol. The maximum absolute atomic E-state index is 10.9. The van der Waals surface area contributed by atoms with Crippen molar-refractivity contribution in [2.24, 2.45) is 0 Å². The quantitative estimate of drug-likeness (QED) is 0.674. The van der Waals surface area contributed by atoms with Crippen LogP contribution in [0.1, 0.15) is 16.7 Å². The molecule has 1 heterocycles. The molecule has 2 rings (SSSR count). The summed E-state index contributed by atoms with van der Waals surface area (Å²) in [5.74, 6) is 0. The molecular formula is C14H15N3O2. The van der Waals surface area contributed by atoms with E-state index in [1.807, 2.05) is 19.1 Å². The first-order chi connectivity index (χ1) is 9.08. The molecule has 0 saturated carbocycles. The fourth-order valence-corrected chi connectivity index (χ4v) is 1.80. The van der Waals surface area contributed by atoms with Crippen molar-refractivity contribution in [2.75, 3.05) is 5.32 Å². The Balaban J connectivity index is 2.14. The van der Waals surface area contributed by atoms with Crippen LogP contribution < -0.4 is 5.32 Å². The number of aromatic nitrogens is 1. The number of nitrogens with one attached hydrogen (secondary N) is 1. The molecule has 0 aliphatic heterocycles. The van der Waals surface area contributed by atoms with Gasteiger partial charge in [-0.1, -0.05) is 6.07 Å². The van der Waals surface area contributed by atoms with Gasteiger partial charge in [-0.25, -0.2) is 0 Å². The third kappa shape index (κ3) is 3.07. The van der Waals surface area contributed by atoms with Crippen molar-refractivity contribution in [1.29, 1.82) is 0 Å². The van der Waals surface area contributed by atoms with Crippen LogP contribution in [0.2, 0.25) is 0 Å². The first kappa shape index (κ1) is 13.0. The highest BCUT2D eigenvalue weighted by Gasteiger charge is 2.10. The van der Waals surface area contributed by atoms with Crippen LogP contribution in [0.4, 0.5) is 11.4 Å². The van der Waals surface area contributed by atoms with E-state index in [4.69, 9.17) is 0 Å². The summed E-state index contributed by atoms with van der Waals surface area (Å²) in [5.41, 5.74) is 3.75. The number of hydrogen-bond donors (Lipinski definition) is 1. The van der Waals surface area contributed by atoms with Crippen LogP contribution in [-0.4, -0.2) is 9.91 Å². The van der Waals surface area contributed by atoms with Gasteiger partial charge < -0.3 is 5.32 Å². The molecule has 1 aromatic carbocycles. The van der Waals surface area contributed by atoms with Crippen LogP contribution in [0.5, 0.6) is 0 Å². The zero-order valence-corrected chi connectivity index (χ0v) is 10.9. The molecule has 5 nitrogen and oxygen atoms in total. The van der Waals surface area contributed by atoms with Gasteiger partial charge in [-0.05, 0) is 37.1 Å². The number of nitro benzene ring substituents is 1. The molecule has 0 radical (unpaired) electrons. The average Bonchev–Trinajstić information content (AvgIpc) is 2.39. The number of pyridine rings is 1. The zero-order chi connectivity index (χ0) is 13.8. The number of benzene rings is 1. The number of nitrogens with zero attached hydrogens (tertiary/aromatic N) is 2. The molecule has 1 aromatic heterocycles. The smallest absolute Gasteiger partial charge is 0.274 e. The molecule has 0 aliphatic carbocycles. The van der Waals surface area contributed by atoms with Crippen molar-refractivity contribution in [1.82, 2.24) is 4.98 Å². The summed E-state index contributed by atoms with van der Waals surface area (Å²) in [5, 5.41) is 14.0. The molecule has 98 valence electrons. The minimum atomic E-state index is -0.365. The molecule has 0 amide bonds. The lowest BCUT2D eigenvalue weighted by Gasteiger charge is -2.09. The molecule has 5 heteroatoms. The van der Waals surface area contributed by atoms with E-state index in [9.17, 15) is 10.1 Å². The van der Waals surface area contributed by atoms with E-state index in [0.29, 0.717) is 12.1 Å². The van der Waals surface area contributed by atoms with Crippen molar-refractivity contribution in [3.63, 3.8) is 0 Å². The van der Waals surface area contributed by atoms with Crippen LogP contribution in [0, 0.1) is 24.0 Å². The largest absolute Gasteiger partial charge is 0.381 e. The van der Waals surface area contributed by atoms with E-state index >= 15 is 0 Å². The molecule has 19 heavy (non-hydrogen) atoms. The molecule has 0 bridgehead atoms. The van der Waals surface area contributed by atoms with Crippen molar-refractivity contribution in [3.8, 4) is 0 Å². The van der Waals surface area contributed by atoms with Gasteiger partial charge in [0.1, 0.15) is 0 Å². The van der Waals surface area contributed by atoms with Gasteiger partial charge in [0.2, 0.25) is 0 Å². The molecule has 0 atom stereocenters. The van der Waals surface area contributed by atoms with Gasteiger partial charge in [0.15, 0.2) is 0 Å². The predicted octanol–water partition coefficient (Wildman–Crippen LogP) is 3.22. The van der Waals surface area contributed by atoms with Crippen LogP contribution in [0.25, 0.3) is 0 Å². The maximum atomic E-state index is 10.9.